The van der Waals surface area contributed by atoms with Gasteiger partial charge in [0.15, 0.2) is 5.82 Å². The van der Waals surface area contributed by atoms with Gasteiger partial charge in [-0.3, -0.25) is 0 Å². The summed E-state index contributed by atoms with van der Waals surface area (Å²) in [7, 11) is 0. The fraction of sp³-hybridized carbons (Fsp3) is 0.467. The zero-order valence-corrected chi connectivity index (χ0v) is 11.3. The van der Waals surface area contributed by atoms with Crippen LogP contribution in [0.3, 0.4) is 0 Å². The second kappa shape index (κ2) is 6.05. The summed E-state index contributed by atoms with van der Waals surface area (Å²) in [5, 5.41) is 13.3. The molecule has 2 heterocycles. The average molecular weight is 274 g/mol. The Hall–Kier alpha value is -1.88. The Kier molecular flexibility index (Phi) is 3.97. The third-order valence-corrected chi connectivity index (χ3v) is 3.49. The molecule has 1 N–H and O–H groups in total. The Labute approximate surface area is 117 Å². The lowest BCUT2D eigenvalue weighted by atomic mass is 10.1. The first-order chi connectivity index (χ1) is 9.79. The molecule has 2 aromatic rings. The number of benzene rings is 1. The molecule has 1 unspecified atom stereocenters. The van der Waals surface area contributed by atoms with Gasteiger partial charge in [0.25, 0.3) is 0 Å². The summed E-state index contributed by atoms with van der Waals surface area (Å²) in [5.74, 6) is 1.57. The molecule has 5 heteroatoms. The lowest BCUT2D eigenvalue weighted by molar-refractivity contribution is 0.0153. The number of hydrogen-bond donors (Lipinski definition) is 1. The van der Waals surface area contributed by atoms with Crippen LogP contribution in [0.5, 0.6) is 5.75 Å². The van der Waals surface area contributed by atoms with E-state index in [0.29, 0.717) is 18.1 Å². The quantitative estimate of drug-likeness (QED) is 0.927. The number of rotatable bonds is 4. The van der Waals surface area contributed by atoms with Gasteiger partial charge >= 0.3 is 0 Å². The van der Waals surface area contributed by atoms with Crippen molar-refractivity contribution in [2.75, 3.05) is 6.61 Å². The molecule has 5 nitrogen and oxygen atoms in total. The van der Waals surface area contributed by atoms with Crippen molar-refractivity contribution in [1.82, 2.24) is 10.1 Å². The molecule has 0 saturated carbocycles. The van der Waals surface area contributed by atoms with Crippen LogP contribution in [0.4, 0.5) is 0 Å². The Bertz CT molecular complexity index is 545. The van der Waals surface area contributed by atoms with Gasteiger partial charge in [-0.15, -0.1) is 0 Å². The van der Waals surface area contributed by atoms with Gasteiger partial charge < -0.3 is 14.4 Å². The van der Waals surface area contributed by atoms with Crippen LogP contribution < -0.4 is 0 Å². The lowest BCUT2D eigenvalue weighted by Gasteiger charge is -2.20. The summed E-state index contributed by atoms with van der Waals surface area (Å²) < 4.78 is 10.9. The van der Waals surface area contributed by atoms with Crippen molar-refractivity contribution in [2.24, 2.45) is 0 Å². The van der Waals surface area contributed by atoms with Crippen LogP contribution in [0.1, 0.15) is 36.5 Å². The Morgan fingerprint density at radius 1 is 1.20 bits per heavy atom. The van der Waals surface area contributed by atoms with E-state index in [4.69, 9.17) is 9.26 Å². The summed E-state index contributed by atoms with van der Waals surface area (Å²) in [6, 6.07) is 7.01. The Morgan fingerprint density at radius 2 is 2.05 bits per heavy atom. The minimum Gasteiger partial charge on any atom is -0.508 e. The van der Waals surface area contributed by atoms with Crippen LogP contribution in [0.2, 0.25) is 0 Å². The number of nitrogens with zero attached hydrogens (tertiary/aromatic N) is 2. The molecule has 1 aromatic heterocycles. The monoisotopic (exact) mass is 274 g/mol. The van der Waals surface area contributed by atoms with E-state index >= 15 is 0 Å². The predicted molar refractivity (Wildman–Crippen MR) is 72.5 cm³/mol. The van der Waals surface area contributed by atoms with Gasteiger partial charge in [-0.05, 0) is 37.0 Å². The molecule has 3 rings (SSSR count). The number of phenols is 1. The highest BCUT2D eigenvalue weighted by atomic mass is 16.5. The number of phenolic OH excluding ortho intramolecular Hbond substituents is 1. The molecule has 0 spiro atoms. The lowest BCUT2D eigenvalue weighted by Crippen LogP contribution is -2.21. The first-order valence-electron chi connectivity index (χ1n) is 7.00. The van der Waals surface area contributed by atoms with Crippen molar-refractivity contribution in [2.45, 2.75) is 38.2 Å². The van der Waals surface area contributed by atoms with Gasteiger partial charge in [-0.25, -0.2) is 0 Å². The maximum atomic E-state index is 9.24. The smallest absolute Gasteiger partial charge is 0.231 e. The largest absolute Gasteiger partial charge is 0.508 e. The second-order valence-corrected chi connectivity index (χ2v) is 5.14. The van der Waals surface area contributed by atoms with Crippen LogP contribution >= 0.6 is 0 Å². The van der Waals surface area contributed by atoms with Crippen LogP contribution in [0, 0.1) is 0 Å². The van der Waals surface area contributed by atoms with E-state index in [2.05, 4.69) is 10.1 Å². The highest BCUT2D eigenvalue weighted by molar-refractivity contribution is 5.27. The van der Waals surface area contributed by atoms with Crippen LogP contribution in [-0.2, 0) is 17.6 Å². The van der Waals surface area contributed by atoms with E-state index in [1.165, 1.54) is 6.42 Å². The van der Waals surface area contributed by atoms with Gasteiger partial charge in [0.05, 0.1) is 12.5 Å². The first kappa shape index (κ1) is 13.1. The molecule has 1 atom stereocenters. The van der Waals surface area contributed by atoms with Gasteiger partial charge in [0, 0.05) is 13.0 Å². The molecular formula is C15H18N2O3. The maximum absolute atomic E-state index is 9.24. The topological polar surface area (TPSA) is 68.4 Å². The fourth-order valence-electron chi connectivity index (χ4n) is 2.41. The zero-order chi connectivity index (χ0) is 13.8. The van der Waals surface area contributed by atoms with Crippen LogP contribution in [-0.4, -0.2) is 28.0 Å². The van der Waals surface area contributed by atoms with Crippen LogP contribution in [0.15, 0.2) is 28.8 Å². The van der Waals surface area contributed by atoms with Crippen molar-refractivity contribution >= 4 is 0 Å². The molecule has 1 fully saturated rings. The Morgan fingerprint density at radius 3 is 2.80 bits per heavy atom. The van der Waals surface area contributed by atoms with E-state index in [1.807, 2.05) is 12.1 Å². The second-order valence-electron chi connectivity index (χ2n) is 5.14. The van der Waals surface area contributed by atoms with Gasteiger partial charge in [-0.1, -0.05) is 17.3 Å². The maximum Gasteiger partial charge on any atom is 0.231 e. The molecule has 1 aliphatic heterocycles. The van der Waals surface area contributed by atoms with Gasteiger partial charge in [0.1, 0.15) is 5.75 Å². The summed E-state index contributed by atoms with van der Waals surface area (Å²) in [6.07, 6.45) is 4.96. The van der Waals surface area contributed by atoms with E-state index in [1.54, 1.807) is 12.1 Å². The molecule has 0 radical (unpaired) electrons. The number of hydrogen-bond acceptors (Lipinski definition) is 5. The molecule has 106 valence electrons. The van der Waals surface area contributed by atoms with Gasteiger partial charge in [0.2, 0.25) is 5.89 Å². The molecule has 0 aliphatic carbocycles. The van der Waals surface area contributed by atoms with E-state index < -0.39 is 0 Å². The van der Waals surface area contributed by atoms with Crippen LogP contribution in [0.25, 0.3) is 0 Å². The summed E-state index contributed by atoms with van der Waals surface area (Å²) in [6.45, 7) is 0.836. The highest BCUT2D eigenvalue weighted by Crippen LogP contribution is 2.17. The standard InChI is InChI=1S/C15H18N2O3/c18-12-6-4-11(5-7-12)9-15-16-14(17-20-15)10-13-3-1-2-8-19-13/h4-7,13,18H,1-3,8-10H2. The molecule has 20 heavy (non-hydrogen) atoms. The molecule has 1 saturated heterocycles. The molecule has 1 aliphatic rings. The van der Waals surface area contributed by atoms with Crippen molar-refractivity contribution in [3.05, 3.63) is 41.5 Å². The third kappa shape index (κ3) is 3.36. The van der Waals surface area contributed by atoms with Crippen molar-refractivity contribution in [3.63, 3.8) is 0 Å². The predicted octanol–water partition coefficient (Wildman–Crippen LogP) is 2.48. The minimum absolute atomic E-state index is 0.225. The van der Waals surface area contributed by atoms with Crippen molar-refractivity contribution < 1.29 is 14.4 Å². The molecule has 0 amide bonds. The minimum atomic E-state index is 0.225. The van der Waals surface area contributed by atoms with Crippen molar-refractivity contribution in [1.29, 1.82) is 0 Å². The number of aromatic hydroxyl groups is 1. The highest BCUT2D eigenvalue weighted by Gasteiger charge is 2.17. The van der Waals surface area contributed by atoms with E-state index in [0.717, 1.165) is 31.4 Å². The van der Waals surface area contributed by atoms with E-state index in [9.17, 15) is 5.11 Å². The average Bonchev–Trinajstić information content (AvgIpc) is 2.90. The normalized spacial score (nSPS) is 19.1. The molecule has 0 bridgehead atoms. The van der Waals surface area contributed by atoms with Crippen molar-refractivity contribution in [3.8, 4) is 5.75 Å². The first-order valence-corrected chi connectivity index (χ1v) is 7.00. The fourth-order valence-corrected chi connectivity index (χ4v) is 2.41. The molecule has 1 aromatic carbocycles. The SMILES string of the molecule is Oc1ccc(Cc2nc(CC3CCCCO3)no2)cc1. The van der Waals surface area contributed by atoms with E-state index in [-0.39, 0.29) is 11.9 Å². The summed E-state index contributed by atoms with van der Waals surface area (Å²) >= 11 is 0. The molecular weight excluding hydrogens is 256 g/mol. The summed E-state index contributed by atoms with van der Waals surface area (Å²) in [4.78, 5) is 4.40. The number of aromatic nitrogens is 2. The zero-order valence-electron chi connectivity index (χ0n) is 11.3. The van der Waals surface area contributed by atoms with Gasteiger partial charge in [-0.2, -0.15) is 4.98 Å². The summed E-state index contributed by atoms with van der Waals surface area (Å²) in [5.41, 5.74) is 1.03. The third-order valence-electron chi connectivity index (χ3n) is 3.49. The Balaban J connectivity index is 1.60. The number of ether oxygens (including phenoxy) is 1.